The summed E-state index contributed by atoms with van der Waals surface area (Å²) in [5, 5.41) is 0. The monoisotopic (exact) mass is 210 g/mol. The van der Waals surface area contributed by atoms with Gasteiger partial charge in [0.05, 0.1) is 0 Å². The van der Waals surface area contributed by atoms with Crippen LogP contribution in [0, 0.1) is 0 Å². The van der Waals surface area contributed by atoms with Crippen LogP contribution >= 0.6 is 0 Å². The molecule has 5 heteroatoms. The van der Waals surface area contributed by atoms with Crippen molar-refractivity contribution in [3.8, 4) is 0 Å². The fraction of sp³-hybridized carbons (Fsp3) is 0. The molecule has 0 rings (SSSR count). The molecule has 0 saturated heterocycles. The topological polar surface area (TPSA) is 45.6 Å². The van der Waals surface area contributed by atoms with Crippen LogP contribution in [0.3, 0.4) is 0 Å². The number of hydrogen-bond donors (Lipinski definition) is 0. The van der Waals surface area contributed by atoms with Gasteiger partial charge in [0.1, 0.15) is 0 Å². The molecule has 0 aromatic carbocycles. The van der Waals surface area contributed by atoms with Gasteiger partial charge in [0.15, 0.2) is 0 Å². The number of rotatable bonds is 0. The first-order valence-electron chi connectivity index (χ1n) is 0.123. The fourth-order valence-electron chi connectivity index (χ4n) is 0. The summed E-state index contributed by atoms with van der Waals surface area (Å²) in [4.78, 5) is 0. The van der Waals surface area contributed by atoms with Crippen molar-refractivity contribution < 1.29 is 59.7 Å². The minimum absolute atomic E-state index is 0. The van der Waals surface area contributed by atoms with Crippen molar-refractivity contribution in [3.63, 3.8) is 0 Å². The molecule has 0 aromatic heterocycles. The maximum absolute atomic E-state index is 7.81. The Hall–Kier alpha value is 1.33. The molecule has 2 radical (unpaired) electrons. The third-order valence-electron chi connectivity index (χ3n) is 0. The van der Waals surface area contributed by atoms with Gasteiger partial charge in [0.25, 0.3) is 0 Å². The van der Waals surface area contributed by atoms with E-state index in [2.05, 4.69) is 15.9 Å². The van der Waals surface area contributed by atoms with Gasteiger partial charge < -0.3 is 5.48 Å². The summed E-state index contributed by atoms with van der Waals surface area (Å²) in [6, 6.07) is 0. The van der Waals surface area contributed by atoms with E-state index in [1.165, 1.54) is 0 Å². The molecule has 0 spiro atoms. The first-order chi connectivity index (χ1) is 1.00. The second-order valence-electron chi connectivity index (χ2n) is 0. The third kappa shape index (κ3) is 33.4. The summed E-state index contributed by atoms with van der Waals surface area (Å²) in [6.45, 7) is 0. The molecule has 2 nitrogen and oxygen atoms in total. The Morgan fingerprint density at radius 3 is 1.20 bits per heavy atom. The Bertz CT molecular complexity index is 7.61. The summed E-state index contributed by atoms with van der Waals surface area (Å²) in [5.74, 6) is 0. The van der Waals surface area contributed by atoms with Gasteiger partial charge in [-0.05, 0) is 0 Å². The Balaban J connectivity index is -0.00000000167. The predicted octanol–water partition coefficient (Wildman–Crippen LogP) is -0.245. The van der Waals surface area contributed by atoms with E-state index in [-0.39, 0.29) is 39.9 Å². The summed E-state index contributed by atoms with van der Waals surface area (Å²) in [5.41, 5.74) is 0. The van der Waals surface area contributed by atoms with Crippen molar-refractivity contribution in [3.05, 3.63) is 0 Å². The average molecular weight is 211 g/mol. The Kier molecular flexibility index (Phi) is 374. The van der Waals surface area contributed by atoms with Gasteiger partial charge in [-0.3, -0.25) is 0 Å². The van der Waals surface area contributed by atoms with E-state index in [4.69, 9.17) is 3.83 Å². The summed E-state index contributed by atoms with van der Waals surface area (Å²) in [6.07, 6.45) is 0. The van der Waals surface area contributed by atoms with E-state index in [0.29, 0.717) is 0 Å². The molecule has 0 aromatic rings. The second kappa shape index (κ2) is 56.4. The van der Waals surface area contributed by atoms with Crippen molar-refractivity contribution >= 4 is 0 Å². The molecule has 37 valence electrons. The molecule has 0 aliphatic carbocycles. The quantitative estimate of drug-likeness (QED) is 0.510. The van der Waals surface area contributed by atoms with Crippen LogP contribution in [0.5, 0.6) is 0 Å². The third-order valence-corrected chi connectivity index (χ3v) is 0. The molecule has 0 heterocycles. The van der Waals surface area contributed by atoms with E-state index < -0.39 is 0 Å². The zero-order valence-electron chi connectivity index (χ0n) is 1.83. The average Bonchev–Trinajstić information content (AvgIpc) is 1.00. The van der Waals surface area contributed by atoms with Crippen LogP contribution in [0.2, 0.25) is 0 Å². The van der Waals surface area contributed by atoms with Gasteiger partial charge in [-0.1, -0.05) is 0 Å². The molecule has 0 fully saturated rings. The van der Waals surface area contributed by atoms with Gasteiger partial charge >= 0.3 is 54.2 Å². The van der Waals surface area contributed by atoms with Crippen LogP contribution in [0.4, 0.5) is 0 Å². The van der Waals surface area contributed by atoms with Crippen molar-refractivity contribution in [2.75, 3.05) is 0 Å². The van der Waals surface area contributed by atoms with Crippen molar-refractivity contribution in [2.24, 2.45) is 0 Å². The van der Waals surface area contributed by atoms with E-state index in [9.17, 15) is 0 Å². The molecular weight excluding hydrogens is 211 g/mol. The van der Waals surface area contributed by atoms with E-state index in [1.807, 2.05) is 0 Å². The summed E-state index contributed by atoms with van der Waals surface area (Å²) in [7, 11) is 0. The van der Waals surface area contributed by atoms with Gasteiger partial charge in [-0.15, -0.1) is 0 Å². The van der Waals surface area contributed by atoms with Gasteiger partial charge in [0.2, 0.25) is 0 Å². The summed E-state index contributed by atoms with van der Waals surface area (Å²) >= 11 is 2.94. The van der Waals surface area contributed by atoms with Crippen LogP contribution in [-0.2, 0) is 59.7 Å². The SMILES string of the molecule is [Cr+3].[Cu+2].[O-2].[O]=[Cu]. The maximum atomic E-state index is 7.81. The molecule has 0 saturated carbocycles. The van der Waals surface area contributed by atoms with Crippen LogP contribution < -0.4 is 0 Å². The zero-order valence-corrected chi connectivity index (χ0v) is 4.99. The molecule has 0 amide bonds. The molecule has 5 heavy (non-hydrogen) atoms. The standard InChI is InChI=1S/Cr.2Cu.2O/q+3;;+2;;-2. The van der Waals surface area contributed by atoms with Gasteiger partial charge in [-0.2, -0.15) is 0 Å². The molecule has 0 aliphatic rings. The fourth-order valence-corrected chi connectivity index (χ4v) is 0. The Labute approximate surface area is 59.6 Å². The number of hydrogen-bond acceptors (Lipinski definition) is 1. The molecule has 0 bridgehead atoms. The second-order valence-corrected chi connectivity index (χ2v) is 0. The Morgan fingerprint density at radius 2 is 1.20 bits per heavy atom. The summed E-state index contributed by atoms with van der Waals surface area (Å²) < 4.78 is 7.81. The van der Waals surface area contributed by atoms with Crippen LogP contribution in [0.1, 0.15) is 0 Å². The van der Waals surface area contributed by atoms with E-state index >= 15 is 0 Å². The van der Waals surface area contributed by atoms with Crippen molar-refractivity contribution in [1.82, 2.24) is 0 Å². The van der Waals surface area contributed by atoms with Crippen molar-refractivity contribution in [1.29, 1.82) is 0 Å². The minimum atomic E-state index is 0. The van der Waals surface area contributed by atoms with Crippen LogP contribution in [0.15, 0.2) is 0 Å². The first kappa shape index (κ1) is 33.1. The molecule has 0 N–H and O–H groups in total. The van der Waals surface area contributed by atoms with Gasteiger partial charge in [0, 0.05) is 0 Å². The van der Waals surface area contributed by atoms with E-state index in [1.54, 1.807) is 0 Å². The molecule has 0 unspecified atom stereocenters. The van der Waals surface area contributed by atoms with E-state index in [0.717, 1.165) is 0 Å². The Morgan fingerprint density at radius 1 is 1.20 bits per heavy atom. The van der Waals surface area contributed by atoms with Gasteiger partial charge in [-0.25, -0.2) is 0 Å². The zero-order chi connectivity index (χ0) is 2.00. The molecule has 0 atom stereocenters. The predicted molar refractivity (Wildman–Crippen MR) is 1.37 cm³/mol. The van der Waals surface area contributed by atoms with Crippen molar-refractivity contribution in [2.45, 2.75) is 0 Å². The first-order valence-corrected chi connectivity index (χ1v) is 0.508. The molecular formula is CrCu2O2+3. The molecule has 0 aliphatic heterocycles. The normalized spacial score (nSPS) is 1.20. The van der Waals surface area contributed by atoms with Crippen LogP contribution in [-0.4, -0.2) is 0 Å². The van der Waals surface area contributed by atoms with Crippen LogP contribution in [0.25, 0.3) is 0 Å².